The number of hydrogen-bond acceptors (Lipinski definition) is 9. The molecule has 6 saturated heterocycles. The number of likely N-dealkylation sites (tertiary alicyclic amines) is 2. The zero-order valence-corrected chi connectivity index (χ0v) is 53.1. The number of hydrazine groups is 1. The van der Waals surface area contributed by atoms with Crippen LogP contribution in [0, 0.1) is 29.1 Å². The van der Waals surface area contributed by atoms with Gasteiger partial charge in [0.1, 0.15) is 0 Å². The van der Waals surface area contributed by atoms with Gasteiger partial charge in [-0.15, -0.1) is 25.1 Å². The Kier molecular flexibility index (Phi) is 18.1. The average molecular weight is 1100 g/mol. The Morgan fingerprint density at radius 3 is 2.42 bits per heavy atom. The summed E-state index contributed by atoms with van der Waals surface area (Å²) in [5.74, 6) is 1.52. The summed E-state index contributed by atoms with van der Waals surface area (Å²) >= 11 is 0. The Labute approximate surface area is 511 Å². The maximum Gasteiger partial charge on any atom is 1.00 e. The summed E-state index contributed by atoms with van der Waals surface area (Å²) in [6.45, 7) is 42.5. The predicted molar refractivity (Wildman–Crippen MR) is 334 cm³/mol. The SMILES string of the molecule is C=C(C)CCC(C)(C)Cc1c(-c2cc(N3CCN4CCCCC4C3)cnc2[CH-]C)n(CC)c2ccc(-c3cccc(CC(NC(=C)C(C4CCCC4)N4CCCC5(CN(C(=C)C6NC6C6CC6)C5)C4)C(=C)N4CCCCN4)c3)cc12.[Na+]. The first-order valence-corrected chi connectivity index (χ1v) is 32.0. The molecule has 3 N–H and O–H groups in total. The van der Waals surface area contributed by atoms with E-state index in [1.165, 1.54) is 157 Å². The predicted octanol–water partition coefficient (Wildman–Crippen LogP) is 9.92. The van der Waals surface area contributed by atoms with Gasteiger partial charge in [0, 0.05) is 116 Å². The van der Waals surface area contributed by atoms with Crippen molar-refractivity contribution in [1.82, 2.24) is 45.3 Å². The molecule has 8 heterocycles. The molecule has 0 bridgehead atoms. The van der Waals surface area contributed by atoms with Crippen LogP contribution in [-0.4, -0.2) is 125 Å². The van der Waals surface area contributed by atoms with E-state index in [1.807, 2.05) is 0 Å². The molecule has 2 aromatic heterocycles. The minimum Gasteiger partial charge on any atom is -0.379 e. The summed E-state index contributed by atoms with van der Waals surface area (Å²) in [6, 6.07) is 21.4. The van der Waals surface area contributed by atoms with Crippen molar-refractivity contribution < 1.29 is 29.6 Å². The number of nitrogens with zero attached hydrogens (tertiary/aromatic N) is 7. The summed E-state index contributed by atoms with van der Waals surface area (Å²) < 4.78 is 2.60. The molecule has 8 fully saturated rings. The summed E-state index contributed by atoms with van der Waals surface area (Å²) in [4.78, 5) is 16.1. The van der Waals surface area contributed by atoms with Crippen LogP contribution in [0.4, 0.5) is 5.69 Å². The van der Waals surface area contributed by atoms with E-state index in [0.29, 0.717) is 35.5 Å². The monoisotopic (exact) mass is 1100 g/mol. The molecule has 8 aliphatic rings. The second kappa shape index (κ2) is 24.9. The molecule has 6 aliphatic heterocycles. The van der Waals surface area contributed by atoms with Crippen molar-refractivity contribution in [2.24, 2.45) is 22.7 Å². The van der Waals surface area contributed by atoms with Gasteiger partial charge in [-0.25, -0.2) is 11.8 Å². The number of aryl methyl sites for hydroxylation is 1. The van der Waals surface area contributed by atoms with E-state index in [-0.39, 0.29) is 41.0 Å². The number of rotatable bonds is 22. The number of benzene rings is 2. The Morgan fingerprint density at radius 1 is 0.877 bits per heavy atom. The fraction of sp³-hybridized carbons (Fsp3) is 0.600. The molecular formula is C70H99N10Na. The van der Waals surface area contributed by atoms with Crippen molar-refractivity contribution >= 4 is 16.6 Å². The van der Waals surface area contributed by atoms with Crippen molar-refractivity contribution in [2.75, 3.05) is 70.3 Å². The topological polar surface area (TPSA) is 80.0 Å². The normalized spacial score (nSPS) is 24.1. The van der Waals surface area contributed by atoms with Crippen molar-refractivity contribution in [3.05, 3.63) is 127 Å². The number of aromatic nitrogens is 2. The number of piperidine rings is 2. The first-order chi connectivity index (χ1) is 38.8. The molecule has 11 heteroatoms. The molecule has 0 radical (unpaired) electrons. The van der Waals surface area contributed by atoms with E-state index in [0.717, 1.165) is 108 Å². The van der Waals surface area contributed by atoms with Gasteiger partial charge in [-0.3, -0.25) is 14.8 Å². The van der Waals surface area contributed by atoms with Gasteiger partial charge >= 0.3 is 29.6 Å². The van der Waals surface area contributed by atoms with E-state index >= 15 is 0 Å². The third-order valence-electron chi connectivity index (χ3n) is 20.8. The zero-order chi connectivity index (χ0) is 55.3. The van der Waals surface area contributed by atoms with Crippen LogP contribution in [0.2, 0.25) is 0 Å². The molecule has 10 nitrogen and oxygen atoms in total. The largest absolute Gasteiger partial charge is 1.00 e. The molecule has 2 aromatic carbocycles. The second-order valence-corrected chi connectivity index (χ2v) is 27.5. The summed E-state index contributed by atoms with van der Waals surface area (Å²) in [5, 5.41) is 11.7. The Balaban J connectivity index is 0.00000690. The summed E-state index contributed by atoms with van der Waals surface area (Å²) in [7, 11) is 0. The molecule has 81 heavy (non-hydrogen) atoms. The molecule has 0 amide bonds. The first-order valence-electron chi connectivity index (χ1n) is 32.0. The van der Waals surface area contributed by atoms with Crippen molar-refractivity contribution in [3.63, 3.8) is 0 Å². The van der Waals surface area contributed by atoms with Crippen LogP contribution in [0.25, 0.3) is 33.3 Å². The van der Waals surface area contributed by atoms with Gasteiger partial charge in [0.05, 0.1) is 18.1 Å². The quantitative estimate of drug-likeness (QED) is 0.0309. The van der Waals surface area contributed by atoms with Crippen LogP contribution >= 0.6 is 0 Å². The standard InChI is InChI=1S/C70H99N10.Na/c1-10-62-60(41-58(43-71-62)76-37-36-75-33-16-14-24-57(75)44-76)68-61(42-69(8,9)31-29-48(3)4)59-40-56(27-28-64(59)79(68)11-2)55-23-18-20-52(38-55)39-63(50(6)80-35-17-15-32-72-80)73-49(5)67(54-21-12-13-22-54)77-34-19-30-70(45-77)46-78(47-70)51(7)65-66(74-65)53-25-26-53;/h10,18,20,23,27-28,38,40-41,43,53-54,57,63,65-67,72-74H,3,5-7,11-17,19,21-22,24-26,29-37,39,42,44-47H2,1-2,4,8-9H3;/q-1;+1. The van der Waals surface area contributed by atoms with Crippen molar-refractivity contribution in [1.29, 1.82) is 0 Å². The third-order valence-corrected chi connectivity index (χ3v) is 20.8. The van der Waals surface area contributed by atoms with E-state index in [2.05, 4.69) is 154 Å². The summed E-state index contributed by atoms with van der Waals surface area (Å²) in [5.41, 5.74) is 20.6. The van der Waals surface area contributed by atoms with Crippen molar-refractivity contribution in [3.8, 4) is 22.4 Å². The summed E-state index contributed by atoms with van der Waals surface area (Å²) in [6.07, 6.45) is 25.2. The van der Waals surface area contributed by atoms with Gasteiger partial charge in [-0.2, -0.15) is 0 Å². The Bertz CT molecular complexity index is 2910. The number of nitrogens with one attached hydrogen (secondary N) is 3. The second-order valence-electron chi connectivity index (χ2n) is 27.5. The molecule has 5 atom stereocenters. The maximum atomic E-state index is 5.27. The molecule has 5 unspecified atom stereocenters. The fourth-order valence-electron chi connectivity index (χ4n) is 16.1. The van der Waals surface area contributed by atoms with Gasteiger partial charge in [-0.05, 0) is 174 Å². The van der Waals surface area contributed by atoms with Crippen LogP contribution in [0.1, 0.15) is 148 Å². The first kappa shape index (κ1) is 58.8. The molecule has 4 aromatic rings. The number of fused-ring (bicyclic) bond motifs is 2. The average Bonchev–Trinajstić information content (AvgIpc) is 3.75. The van der Waals surface area contributed by atoms with Gasteiger partial charge in [-0.1, -0.05) is 94.4 Å². The number of piperazine rings is 1. The van der Waals surface area contributed by atoms with E-state index < -0.39 is 0 Å². The number of allylic oxidation sites excluding steroid dienone is 1. The Morgan fingerprint density at radius 2 is 1.67 bits per heavy atom. The van der Waals surface area contributed by atoms with Crippen LogP contribution in [0.5, 0.6) is 0 Å². The molecule has 2 saturated carbocycles. The van der Waals surface area contributed by atoms with Crippen LogP contribution in [0.15, 0.2) is 104 Å². The van der Waals surface area contributed by atoms with Crippen molar-refractivity contribution in [2.45, 2.75) is 181 Å². The number of hydrogen-bond donors (Lipinski definition) is 3. The molecular weight excluding hydrogens is 1000 g/mol. The van der Waals surface area contributed by atoms with Crippen LogP contribution in [-0.2, 0) is 19.4 Å². The van der Waals surface area contributed by atoms with Gasteiger partial charge in [0.15, 0.2) is 0 Å². The molecule has 2 aliphatic carbocycles. The molecule has 12 rings (SSSR count). The van der Waals surface area contributed by atoms with Crippen LogP contribution in [0.3, 0.4) is 0 Å². The van der Waals surface area contributed by atoms with E-state index in [1.54, 1.807) is 0 Å². The minimum atomic E-state index is -0.00360. The van der Waals surface area contributed by atoms with Gasteiger partial charge in [0.2, 0.25) is 0 Å². The minimum absolute atomic E-state index is 0. The third kappa shape index (κ3) is 12.7. The van der Waals surface area contributed by atoms with Gasteiger partial charge < -0.3 is 30.0 Å². The van der Waals surface area contributed by atoms with E-state index in [4.69, 9.17) is 18.1 Å². The fourth-order valence-corrected chi connectivity index (χ4v) is 16.1. The van der Waals surface area contributed by atoms with E-state index in [9.17, 15) is 0 Å². The smallest absolute Gasteiger partial charge is 0.379 e. The van der Waals surface area contributed by atoms with Gasteiger partial charge in [0.25, 0.3) is 0 Å². The zero-order valence-electron chi connectivity index (χ0n) is 51.1. The Hall–Kier alpha value is -4.00. The molecule has 1 spiro atoms. The number of anilines is 1. The molecule has 430 valence electrons. The maximum absolute atomic E-state index is 5.27. The number of pyridine rings is 1. The van der Waals surface area contributed by atoms with Crippen LogP contribution < -0.4 is 50.5 Å².